The first-order valence-corrected chi connectivity index (χ1v) is 12.8. The number of anilines is 2. The zero-order valence-electron chi connectivity index (χ0n) is 21.6. The fourth-order valence-electron chi connectivity index (χ4n) is 4.23. The van der Waals surface area contributed by atoms with E-state index in [-0.39, 0.29) is 17.3 Å². The van der Waals surface area contributed by atoms with Crippen molar-refractivity contribution in [3.8, 4) is 22.9 Å². The summed E-state index contributed by atoms with van der Waals surface area (Å²) < 4.78 is 12.5. The first-order chi connectivity index (χ1) is 18.9. The van der Waals surface area contributed by atoms with Gasteiger partial charge in [0.1, 0.15) is 11.5 Å². The van der Waals surface area contributed by atoms with Gasteiger partial charge >= 0.3 is 0 Å². The normalized spacial score (nSPS) is 13.7. The number of halogens is 1. The Labute approximate surface area is 231 Å². The van der Waals surface area contributed by atoms with E-state index in [4.69, 9.17) is 21.1 Å². The van der Waals surface area contributed by atoms with E-state index in [0.717, 1.165) is 13.1 Å². The van der Waals surface area contributed by atoms with Crippen LogP contribution in [0.2, 0.25) is 5.02 Å². The third-order valence-electron chi connectivity index (χ3n) is 6.47. The van der Waals surface area contributed by atoms with Crippen LogP contribution in [0.5, 0.6) is 17.2 Å². The van der Waals surface area contributed by atoms with Crippen LogP contribution in [0.25, 0.3) is 5.69 Å². The lowest BCUT2D eigenvalue weighted by atomic mass is 10.1. The van der Waals surface area contributed by atoms with Crippen molar-refractivity contribution in [1.82, 2.24) is 19.6 Å². The molecule has 10 heteroatoms. The van der Waals surface area contributed by atoms with E-state index >= 15 is 0 Å². The van der Waals surface area contributed by atoms with Gasteiger partial charge in [0.05, 0.1) is 19.0 Å². The first-order valence-electron chi connectivity index (χ1n) is 12.5. The molecule has 0 saturated carbocycles. The molecule has 1 N–H and O–H groups in total. The second-order valence-electron chi connectivity index (χ2n) is 9.16. The number of likely N-dealkylation sites (N-methyl/N-ethyl adjacent to an activating group) is 1. The Morgan fingerprint density at radius 1 is 0.949 bits per heavy atom. The lowest BCUT2D eigenvalue weighted by Crippen LogP contribution is -2.47. The van der Waals surface area contributed by atoms with E-state index in [1.54, 1.807) is 79.9 Å². The lowest BCUT2D eigenvalue weighted by Gasteiger charge is -2.32. The minimum Gasteiger partial charge on any atom is -0.497 e. The molecule has 1 amide bonds. The Hall–Kier alpha value is -4.34. The van der Waals surface area contributed by atoms with E-state index in [1.165, 1.54) is 10.9 Å². The van der Waals surface area contributed by atoms with Crippen molar-refractivity contribution in [1.29, 1.82) is 0 Å². The lowest BCUT2D eigenvalue weighted by molar-refractivity contribution is 0.0664. The zero-order chi connectivity index (χ0) is 27.4. The van der Waals surface area contributed by atoms with Crippen LogP contribution >= 0.6 is 11.6 Å². The van der Waals surface area contributed by atoms with Crippen molar-refractivity contribution in [2.24, 2.45) is 0 Å². The molecule has 5 rings (SSSR count). The number of hydrogen-bond acceptors (Lipinski definition) is 7. The first kappa shape index (κ1) is 26.3. The van der Waals surface area contributed by atoms with Gasteiger partial charge in [0.25, 0.3) is 11.5 Å². The summed E-state index contributed by atoms with van der Waals surface area (Å²) in [6.07, 6.45) is 1.47. The van der Waals surface area contributed by atoms with E-state index < -0.39 is 5.56 Å². The number of carbonyl (C=O) groups excluding carboxylic acids is 1. The van der Waals surface area contributed by atoms with Gasteiger partial charge < -0.3 is 24.6 Å². The van der Waals surface area contributed by atoms with Crippen LogP contribution in [0.15, 0.2) is 83.8 Å². The van der Waals surface area contributed by atoms with Gasteiger partial charge in [-0.15, -0.1) is 0 Å². The van der Waals surface area contributed by atoms with Crippen LogP contribution < -0.4 is 20.3 Å². The van der Waals surface area contributed by atoms with Crippen LogP contribution in [-0.4, -0.2) is 65.8 Å². The Morgan fingerprint density at radius 3 is 2.33 bits per heavy atom. The number of methoxy groups -OCH3 is 1. The molecule has 3 aromatic carbocycles. The van der Waals surface area contributed by atoms with Crippen molar-refractivity contribution in [2.75, 3.05) is 45.7 Å². The van der Waals surface area contributed by atoms with E-state index in [9.17, 15) is 9.59 Å². The predicted octanol–water partition coefficient (Wildman–Crippen LogP) is 4.82. The van der Waals surface area contributed by atoms with Crippen LogP contribution in [0.4, 0.5) is 11.4 Å². The van der Waals surface area contributed by atoms with Gasteiger partial charge in [-0.1, -0.05) is 17.7 Å². The van der Waals surface area contributed by atoms with E-state index in [1.807, 2.05) is 11.9 Å². The number of piperazine rings is 1. The summed E-state index contributed by atoms with van der Waals surface area (Å²) in [4.78, 5) is 30.9. The largest absolute Gasteiger partial charge is 0.497 e. The van der Waals surface area contributed by atoms with Gasteiger partial charge in [-0.05, 0) is 73.8 Å². The zero-order valence-corrected chi connectivity index (χ0v) is 22.4. The van der Waals surface area contributed by atoms with Gasteiger partial charge in [0.2, 0.25) is 0 Å². The fourth-order valence-corrected chi connectivity index (χ4v) is 4.36. The molecule has 1 fully saturated rings. The number of carbonyl (C=O) groups is 1. The van der Waals surface area contributed by atoms with Gasteiger partial charge in [0, 0.05) is 42.5 Å². The van der Waals surface area contributed by atoms with Crippen LogP contribution in [0.3, 0.4) is 0 Å². The maximum atomic E-state index is 13.7. The van der Waals surface area contributed by atoms with Crippen molar-refractivity contribution in [3.63, 3.8) is 0 Å². The molecule has 0 aliphatic carbocycles. The van der Waals surface area contributed by atoms with E-state index in [0.29, 0.717) is 46.5 Å². The summed E-state index contributed by atoms with van der Waals surface area (Å²) in [5.41, 5.74) is 1.40. The Morgan fingerprint density at radius 2 is 1.64 bits per heavy atom. The highest BCUT2D eigenvalue weighted by Gasteiger charge is 2.21. The third kappa shape index (κ3) is 6.05. The van der Waals surface area contributed by atoms with Crippen molar-refractivity contribution >= 4 is 28.9 Å². The number of nitrogens with zero attached hydrogens (tertiary/aromatic N) is 4. The van der Waals surface area contributed by atoms with Crippen molar-refractivity contribution < 1.29 is 14.3 Å². The SMILES string of the molecule is COc1ccc(-n2ncc(Oc3ccc(Cl)cc3)c(Nc3cccc(C(=O)N4CCN(C)CC4)c3)c2=O)cc1. The Kier molecular flexibility index (Phi) is 7.81. The number of benzene rings is 3. The molecule has 1 saturated heterocycles. The second-order valence-corrected chi connectivity index (χ2v) is 9.59. The topological polar surface area (TPSA) is 88.9 Å². The summed E-state index contributed by atoms with van der Waals surface area (Å²) in [5.74, 6) is 1.33. The summed E-state index contributed by atoms with van der Waals surface area (Å²) in [7, 11) is 3.62. The smallest absolute Gasteiger partial charge is 0.299 e. The number of hydrogen-bond donors (Lipinski definition) is 1. The predicted molar refractivity (Wildman–Crippen MR) is 151 cm³/mol. The van der Waals surface area contributed by atoms with Gasteiger partial charge in [0.15, 0.2) is 11.4 Å². The minimum atomic E-state index is -0.428. The quantitative estimate of drug-likeness (QED) is 0.356. The van der Waals surface area contributed by atoms with Gasteiger partial charge in [-0.25, -0.2) is 0 Å². The molecule has 0 spiro atoms. The highest BCUT2D eigenvalue weighted by Crippen LogP contribution is 2.30. The molecule has 9 nitrogen and oxygen atoms in total. The average Bonchev–Trinajstić information content (AvgIpc) is 2.96. The van der Waals surface area contributed by atoms with Gasteiger partial charge in [-0.3, -0.25) is 9.59 Å². The second kappa shape index (κ2) is 11.6. The number of amides is 1. The summed E-state index contributed by atoms with van der Waals surface area (Å²) >= 11 is 6.02. The number of aromatic nitrogens is 2. The highest BCUT2D eigenvalue weighted by atomic mass is 35.5. The molecule has 1 aliphatic rings. The number of rotatable bonds is 7. The Balaban J connectivity index is 1.49. The number of nitrogens with one attached hydrogen (secondary N) is 1. The molecule has 39 heavy (non-hydrogen) atoms. The highest BCUT2D eigenvalue weighted by molar-refractivity contribution is 6.30. The van der Waals surface area contributed by atoms with Crippen LogP contribution in [-0.2, 0) is 0 Å². The van der Waals surface area contributed by atoms with Crippen molar-refractivity contribution in [3.05, 3.63) is 99.9 Å². The average molecular weight is 546 g/mol. The molecule has 200 valence electrons. The molecule has 1 aliphatic heterocycles. The molecular weight excluding hydrogens is 518 g/mol. The molecule has 0 radical (unpaired) electrons. The molecule has 0 unspecified atom stereocenters. The maximum absolute atomic E-state index is 13.7. The maximum Gasteiger partial charge on any atom is 0.299 e. The molecule has 2 heterocycles. The molecule has 4 aromatic rings. The molecule has 1 aromatic heterocycles. The van der Waals surface area contributed by atoms with Crippen molar-refractivity contribution in [2.45, 2.75) is 0 Å². The monoisotopic (exact) mass is 545 g/mol. The summed E-state index contributed by atoms with van der Waals surface area (Å²) in [6.45, 7) is 3.00. The molecular formula is C29H28ClN5O4. The third-order valence-corrected chi connectivity index (χ3v) is 6.72. The van der Waals surface area contributed by atoms with Crippen LogP contribution in [0, 0.1) is 0 Å². The molecule has 0 bridgehead atoms. The Bertz CT molecular complexity index is 1510. The standard InChI is InChI=1S/C29H28ClN5O4/c1-33-14-16-34(17-15-33)28(36)20-4-3-5-22(18-20)32-27-26(39-25-10-6-21(30)7-11-25)19-31-35(29(27)37)23-8-12-24(38-2)13-9-23/h3-13,18-19,32H,14-17H2,1-2H3. The van der Waals surface area contributed by atoms with Crippen LogP contribution in [0.1, 0.15) is 10.4 Å². The molecule has 0 atom stereocenters. The van der Waals surface area contributed by atoms with Gasteiger partial charge in [-0.2, -0.15) is 9.78 Å². The van der Waals surface area contributed by atoms with E-state index in [2.05, 4.69) is 15.3 Å². The fraction of sp³-hybridized carbons (Fsp3) is 0.207. The number of ether oxygens (including phenoxy) is 2. The minimum absolute atomic E-state index is 0.0465. The summed E-state index contributed by atoms with van der Waals surface area (Å²) in [6, 6.07) is 20.9. The summed E-state index contributed by atoms with van der Waals surface area (Å²) in [5, 5.41) is 8.09.